The van der Waals surface area contributed by atoms with Crippen LogP contribution in [0.25, 0.3) is 11.4 Å². The first-order valence-electron chi connectivity index (χ1n) is 10.1. The van der Waals surface area contributed by atoms with Gasteiger partial charge in [0.15, 0.2) is 5.69 Å². The lowest BCUT2D eigenvalue weighted by Crippen LogP contribution is -2.24. The SMILES string of the molecule is Cc1ccc(Cl)cc1NC(=O)C(C)Sc1nnnn1-c1c(C)n(C)n(-c2ccccc2)c1=O. The Balaban J connectivity index is 1.62. The molecule has 33 heavy (non-hydrogen) atoms. The third kappa shape index (κ3) is 4.44. The number of hydrogen-bond acceptors (Lipinski definition) is 6. The van der Waals surface area contributed by atoms with Crippen molar-refractivity contribution in [1.29, 1.82) is 0 Å². The van der Waals surface area contributed by atoms with Crippen molar-refractivity contribution in [2.24, 2.45) is 7.05 Å². The topological polar surface area (TPSA) is 99.6 Å². The van der Waals surface area contributed by atoms with Crippen LogP contribution in [0.15, 0.2) is 58.5 Å². The van der Waals surface area contributed by atoms with E-state index in [-0.39, 0.29) is 11.5 Å². The Kier molecular flexibility index (Phi) is 6.39. The maximum absolute atomic E-state index is 13.3. The Morgan fingerprint density at radius 2 is 1.88 bits per heavy atom. The van der Waals surface area contributed by atoms with Gasteiger partial charge in [-0.15, -0.1) is 5.10 Å². The maximum atomic E-state index is 13.3. The Hall–Kier alpha value is -3.37. The van der Waals surface area contributed by atoms with E-state index in [0.717, 1.165) is 23.0 Å². The van der Waals surface area contributed by atoms with Crippen molar-refractivity contribution in [3.05, 3.63) is 75.2 Å². The molecule has 2 heterocycles. The van der Waals surface area contributed by atoms with Crippen molar-refractivity contribution in [2.75, 3.05) is 5.32 Å². The lowest BCUT2D eigenvalue weighted by atomic mass is 10.2. The number of hydrogen-bond donors (Lipinski definition) is 1. The number of halogens is 1. The molecule has 0 bridgehead atoms. The third-order valence-corrected chi connectivity index (χ3v) is 6.55. The molecule has 4 rings (SSSR count). The molecule has 0 saturated heterocycles. The van der Waals surface area contributed by atoms with E-state index in [2.05, 4.69) is 20.8 Å². The van der Waals surface area contributed by atoms with E-state index >= 15 is 0 Å². The van der Waals surface area contributed by atoms with Gasteiger partial charge in [0.05, 0.1) is 16.6 Å². The van der Waals surface area contributed by atoms with Gasteiger partial charge in [0.1, 0.15) is 0 Å². The molecule has 11 heteroatoms. The molecule has 0 saturated carbocycles. The smallest absolute Gasteiger partial charge is 0.297 e. The van der Waals surface area contributed by atoms with Gasteiger partial charge in [0, 0.05) is 17.8 Å². The number of amides is 1. The highest BCUT2D eigenvalue weighted by atomic mass is 35.5. The Morgan fingerprint density at radius 1 is 1.15 bits per heavy atom. The van der Waals surface area contributed by atoms with Crippen LogP contribution >= 0.6 is 23.4 Å². The quantitative estimate of drug-likeness (QED) is 0.421. The van der Waals surface area contributed by atoms with Crippen molar-refractivity contribution in [3.63, 3.8) is 0 Å². The first-order chi connectivity index (χ1) is 15.8. The normalized spacial score (nSPS) is 12.0. The van der Waals surface area contributed by atoms with Gasteiger partial charge in [-0.1, -0.05) is 47.6 Å². The van der Waals surface area contributed by atoms with Crippen LogP contribution in [0.2, 0.25) is 5.02 Å². The zero-order valence-electron chi connectivity index (χ0n) is 18.5. The van der Waals surface area contributed by atoms with Crippen LogP contribution in [0.3, 0.4) is 0 Å². The van der Waals surface area contributed by atoms with E-state index in [1.54, 1.807) is 35.5 Å². The lowest BCUT2D eigenvalue weighted by molar-refractivity contribution is -0.115. The number of aryl methyl sites for hydroxylation is 1. The van der Waals surface area contributed by atoms with Crippen LogP contribution in [0.4, 0.5) is 5.69 Å². The minimum atomic E-state index is -0.534. The summed E-state index contributed by atoms with van der Waals surface area (Å²) in [6.45, 7) is 5.46. The molecule has 0 aliphatic rings. The predicted octanol–water partition coefficient (Wildman–Crippen LogP) is 3.54. The molecule has 4 aromatic rings. The van der Waals surface area contributed by atoms with Crippen LogP contribution in [-0.2, 0) is 11.8 Å². The second-order valence-corrected chi connectivity index (χ2v) is 9.24. The zero-order valence-corrected chi connectivity index (χ0v) is 20.1. The van der Waals surface area contributed by atoms with E-state index in [9.17, 15) is 9.59 Å². The number of rotatable bonds is 6. The summed E-state index contributed by atoms with van der Waals surface area (Å²) in [4.78, 5) is 26.1. The molecule has 1 atom stereocenters. The van der Waals surface area contributed by atoms with Crippen molar-refractivity contribution in [1.82, 2.24) is 29.6 Å². The highest BCUT2D eigenvalue weighted by Gasteiger charge is 2.25. The third-order valence-electron chi connectivity index (χ3n) is 5.29. The number of para-hydroxylation sites is 1. The van der Waals surface area contributed by atoms with Crippen LogP contribution < -0.4 is 10.9 Å². The number of aromatic nitrogens is 6. The molecule has 0 aliphatic heterocycles. The van der Waals surface area contributed by atoms with E-state index in [0.29, 0.717) is 27.2 Å². The predicted molar refractivity (Wildman–Crippen MR) is 129 cm³/mol. The fourth-order valence-electron chi connectivity index (χ4n) is 3.37. The molecule has 170 valence electrons. The first kappa shape index (κ1) is 22.8. The number of tetrazole rings is 1. The number of nitrogens with one attached hydrogen (secondary N) is 1. The number of carbonyl (C=O) groups is 1. The van der Waals surface area contributed by atoms with Gasteiger partial charge in [0.25, 0.3) is 5.56 Å². The first-order valence-corrected chi connectivity index (χ1v) is 11.4. The molecule has 0 fully saturated rings. The van der Waals surface area contributed by atoms with Gasteiger partial charge in [-0.3, -0.25) is 14.3 Å². The number of anilines is 1. The van der Waals surface area contributed by atoms with Crippen LogP contribution in [0.5, 0.6) is 0 Å². The van der Waals surface area contributed by atoms with E-state index in [1.807, 2.05) is 50.2 Å². The molecule has 2 aromatic carbocycles. The molecular formula is C22H22ClN7O2S. The molecule has 0 aliphatic carbocycles. The Labute approximate surface area is 199 Å². The second-order valence-electron chi connectivity index (χ2n) is 7.49. The molecule has 1 amide bonds. The Bertz CT molecular complexity index is 1380. The highest BCUT2D eigenvalue weighted by Crippen LogP contribution is 2.26. The summed E-state index contributed by atoms with van der Waals surface area (Å²) in [7, 11) is 1.80. The summed E-state index contributed by atoms with van der Waals surface area (Å²) >= 11 is 7.21. The summed E-state index contributed by atoms with van der Waals surface area (Å²) in [5.41, 5.74) is 3.02. The summed E-state index contributed by atoms with van der Waals surface area (Å²) in [6, 6.07) is 14.6. The lowest BCUT2D eigenvalue weighted by Gasteiger charge is -2.13. The summed E-state index contributed by atoms with van der Waals surface area (Å²) in [5.74, 6) is -0.230. The number of thioether (sulfide) groups is 1. The van der Waals surface area contributed by atoms with E-state index in [4.69, 9.17) is 11.6 Å². The highest BCUT2D eigenvalue weighted by molar-refractivity contribution is 8.00. The van der Waals surface area contributed by atoms with Gasteiger partial charge < -0.3 is 5.32 Å². The van der Waals surface area contributed by atoms with E-state index in [1.165, 1.54) is 4.68 Å². The van der Waals surface area contributed by atoms with Crippen molar-refractivity contribution in [3.8, 4) is 11.4 Å². The summed E-state index contributed by atoms with van der Waals surface area (Å²) in [5, 5.41) is 15.1. The zero-order chi connectivity index (χ0) is 23.7. The van der Waals surface area contributed by atoms with Gasteiger partial charge in [-0.05, 0) is 61.0 Å². The monoisotopic (exact) mass is 483 g/mol. The molecule has 0 radical (unpaired) electrons. The van der Waals surface area contributed by atoms with Crippen LogP contribution in [0.1, 0.15) is 18.2 Å². The van der Waals surface area contributed by atoms with Crippen molar-refractivity contribution >= 4 is 35.0 Å². The number of benzene rings is 2. The Morgan fingerprint density at radius 3 is 2.61 bits per heavy atom. The summed E-state index contributed by atoms with van der Waals surface area (Å²) in [6.07, 6.45) is 0. The summed E-state index contributed by atoms with van der Waals surface area (Å²) < 4.78 is 4.69. The standard InChI is InChI=1S/C22H22ClN7O2S/c1-13-10-11-16(23)12-18(13)24-20(31)15(3)33-22-25-26-27-29(22)19-14(2)28(4)30(21(19)32)17-8-6-5-7-9-17/h5-12,15H,1-4H3,(H,24,31). The maximum Gasteiger partial charge on any atom is 0.297 e. The van der Waals surface area contributed by atoms with Gasteiger partial charge >= 0.3 is 0 Å². The molecule has 1 unspecified atom stereocenters. The average molecular weight is 484 g/mol. The second kappa shape index (κ2) is 9.24. The van der Waals surface area contributed by atoms with Gasteiger partial charge in [0.2, 0.25) is 11.1 Å². The molecule has 2 aromatic heterocycles. The average Bonchev–Trinajstić information content (AvgIpc) is 3.32. The fraction of sp³-hybridized carbons (Fsp3) is 0.227. The van der Waals surface area contributed by atoms with Gasteiger partial charge in [-0.2, -0.15) is 4.68 Å². The van der Waals surface area contributed by atoms with E-state index < -0.39 is 5.25 Å². The molecule has 9 nitrogen and oxygen atoms in total. The number of nitrogens with zero attached hydrogens (tertiary/aromatic N) is 6. The largest absolute Gasteiger partial charge is 0.325 e. The van der Waals surface area contributed by atoms with Gasteiger partial charge in [-0.25, -0.2) is 4.68 Å². The van der Waals surface area contributed by atoms with Crippen molar-refractivity contribution in [2.45, 2.75) is 31.2 Å². The van der Waals surface area contributed by atoms with Crippen molar-refractivity contribution < 1.29 is 4.79 Å². The minimum Gasteiger partial charge on any atom is -0.325 e. The van der Waals surface area contributed by atoms with Crippen LogP contribution in [-0.4, -0.2) is 40.7 Å². The molecule has 1 N–H and O–H groups in total. The fourth-order valence-corrected chi connectivity index (χ4v) is 4.33. The number of carbonyl (C=O) groups excluding carboxylic acids is 1. The molecule has 0 spiro atoms. The minimum absolute atomic E-state index is 0.230. The van der Waals surface area contributed by atoms with Crippen LogP contribution in [0, 0.1) is 13.8 Å². The molecular weight excluding hydrogens is 462 g/mol.